The number of anilines is 1. The van der Waals surface area contributed by atoms with Crippen LogP contribution in [0.1, 0.15) is 11.1 Å². The molecule has 0 fully saturated rings. The van der Waals surface area contributed by atoms with Gasteiger partial charge in [0.15, 0.2) is 0 Å². The van der Waals surface area contributed by atoms with Gasteiger partial charge in [-0.1, -0.05) is 18.2 Å². The zero-order chi connectivity index (χ0) is 12.3. The fraction of sp³-hybridized carbons (Fsp3) is 0.143. The number of hydrogen-bond acceptors (Lipinski definition) is 3. The van der Waals surface area contributed by atoms with Gasteiger partial charge in [-0.25, -0.2) is 0 Å². The van der Waals surface area contributed by atoms with Gasteiger partial charge in [0, 0.05) is 11.3 Å². The zero-order valence-electron chi connectivity index (χ0n) is 9.68. The van der Waals surface area contributed by atoms with E-state index < -0.39 is 0 Å². The van der Waals surface area contributed by atoms with Crippen LogP contribution < -0.4 is 10.5 Å². The normalized spacial score (nSPS) is 10.2. The standard InChI is InChI=1S/C14H15NO2/c1-10-13(15)3-2-4-14(10)17-9-11-5-7-12(16)8-6-11/h2-8,16H,9,15H2,1H3. The van der Waals surface area contributed by atoms with Crippen LogP contribution in [-0.4, -0.2) is 5.11 Å². The summed E-state index contributed by atoms with van der Waals surface area (Å²) in [4.78, 5) is 0. The molecule has 0 amide bonds. The highest BCUT2D eigenvalue weighted by Crippen LogP contribution is 2.23. The number of ether oxygens (including phenoxy) is 1. The minimum atomic E-state index is 0.258. The topological polar surface area (TPSA) is 55.5 Å². The highest BCUT2D eigenvalue weighted by atomic mass is 16.5. The Morgan fingerprint density at radius 3 is 2.53 bits per heavy atom. The van der Waals surface area contributed by atoms with Crippen molar-refractivity contribution in [3.05, 3.63) is 53.6 Å². The molecule has 0 atom stereocenters. The van der Waals surface area contributed by atoms with Crippen molar-refractivity contribution < 1.29 is 9.84 Å². The van der Waals surface area contributed by atoms with E-state index in [1.54, 1.807) is 12.1 Å². The van der Waals surface area contributed by atoms with E-state index >= 15 is 0 Å². The number of nitrogens with two attached hydrogens (primary N) is 1. The summed E-state index contributed by atoms with van der Waals surface area (Å²) in [5.74, 6) is 1.05. The lowest BCUT2D eigenvalue weighted by Crippen LogP contribution is -1.98. The Balaban J connectivity index is 2.07. The van der Waals surface area contributed by atoms with Crippen molar-refractivity contribution in [3.63, 3.8) is 0 Å². The minimum absolute atomic E-state index is 0.258. The second-order valence-corrected chi connectivity index (χ2v) is 3.93. The van der Waals surface area contributed by atoms with Crippen molar-refractivity contribution in [2.45, 2.75) is 13.5 Å². The van der Waals surface area contributed by atoms with Crippen molar-refractivity contribution in [1.82, 2.24) is 0 Å². The first-order valence-corrected chi connectivity index (χ1v) is 5.42. The summed E-state index contributed by atoms with van der Waals surface area (Å²) in [6.45, 7) is 2.39. The van der Waals surface area contributed by atoms with Gasteiger partial charge in [-0.2, -0.15) is 0 Å². The van der Waals surface area contributed by atoms with E-state index in [2.05, 4.69) is 0 Å². The Morgan fingerprint density at radius 2 is 1.82 bits per heavy atom. The van der Waals surface area contributed by atoms with Crippen LogP contribution in [0.15, 0.2) is 42.5 Å². The first-order chi connectivity index (χ1) is 8.16. The quantitative estimate of drug-likeness (QED) is 0.796. The number of rotatable bonds is 3. The molecule has 0 bridgehead atoms. The lowest BCUT2D eigenvalue weighted by Gasteiger charge is -2.10. The second kappa shape index (κ2) is 4.78. The third kappa shape index (κ3) is 2.69. The van der Waals surface area contributed by atoms with E-state index in [0.29, 0.717) is 6.61 Å². The second-order valence-electron chi connectivity index (χ2n) is 3.93. The van der Waals surface area contributed by atoms with Gasteiger partial charge >= 0.3 is 0 Å². The maximum absolute atomic E-state index is 9.17. The average molecular weight is 229 g/mol. The fourth-order valence-electron chi connectivity index (χ4n) is 1.54. The van der Waals surface area contributed by atoms with Crippen LogP contribution in [0.3, 0.4) is 0 Å². The van der Waals surface area contributed by atoms with E-state index in [-0.39, 0.29) is 5.75 Å². The summed E-state index contributed by atoms with van der Waals surface area (Å²) in [5, 5.41) is 9.17. The van der Waals surface area contributed by atoms with Gasteiger partial charge in [0.05, 0.1) is 0 Å². The highest BCUT2D eigenvalue weighted by molar-refractivity contribution is 5.53. The monoisotopic (exact) mass is 229 g/mol. The maximum atomic E-state index is 9.17. The molecule has 2 aromatic carbocycles. The van der Waals surface area contributed by atoms with Crippen LogP contribution in [0.2, 0.25) is 0 Å². The van der Waals surface area contributed by atoms with Crippen molar-refractivity contribution in [2.75, 3.05) is 5.73 Å². The maximum Gasteiger partial charge on any atom is 0.124 e. The van der Waals surface area contributed by atoms with Gasteiger partial charge in [0.1, 0.15) is 18.1 Å². The Bertz CT molecular complexity index is 506. The number of hydrogen-bond donors (Lipinski definition) is 2. The van der Waals surface area contributed by atoms with Gasteiger partial charge < -0.3 is 15.6 Å². The number of benzene rings is 2. The molecule has 0 unspecified atom stereocenters. The molecule has 0 aliphatic heterocycles. The Morgan fingerprint density at radius 1 is 1.12 bits per heavy atom. The summed E-state index contributed by atoms with van der Waals surface area (Å²) < 4.78 is 5.68. The smallest absolute Gasteiger partial charge is 0.124 e. The summed E-state index contributed by atoms with van der Waals surface area (Å²) in [6.07, 6.45) is 0. The van der Waals surface area contributed by atoms with Crippen LogP contribution in [0.4, 0.5) is 5.69 Å². The molecule has 3 nitrogen and oxygen atoms in total. The first-order valence-electron chi connectivity index (χ1n) is 5.42. The van der Waals surface area contributed by atoms with E-state index in [9.17, 15) is 0 Å². The third-order valence-corrected chi connectivity index (χ3v) is 2.66. The number of phenolic OH excluding ortho intramolecular Hbond substituents is 1. The average Bonchev–Trinajstić information content (AvgIpc) is 2.33. The third-order valence-electron chi connectivity index (χ3n) is 2.66. The molecule has 3 heteroatoms. The largest absolute Gasteiger partial charge is 0.508 e. The van der Waals surface area contributed by atoms with E-state index in [0.717, 1.165) is 22.6 Å². The van der Waals surface area contributed by atoms with Crippen LogP contribution in [0.25, 0.3) is 0 Å². The molecular weight excluding hydrogens is 214 g/mol. The molecule has 2 rings (SSSR count). The van der Waals surface area contributed by atoms with Gasteiger partial charge in [-0.15, -0.1) is 0 Å². The van der Waals surface area contributed by atoms with Crippen LogP contribution in [-0.2, 0) is 6.61 Å². The van der Waals surface area contributed by atoms with Gasteiger partial charge in [-0.05, 0) is 36.8 Å². The number of nitrogen functional groups attached to an aromatic ring is 1. The van der Waals surface area contributed by atoms with Crippen LogP contribution in [0, 0.1) is 6.92 Å². The van der Waals surface area contributed by atoms with Crippen molar-refractivity contribution in [1.29, 1.82) is 0 Å². The Hall–Kier alpha value is -2.16. The summed E-state index contributed by atoms with van der Waals surface area (Å²) >= 11 is 0. The molecule has 3 N–H and O–H groups in total. The molecule has 0 aliphatic carbocycles. The molecule has 0 aromatic heterocycles. The van der Waals surface area contributed by atoms with Crippen molar-refractivity contribution in [3.8, 4) is 11.5 Å². The first kappa shape index (κ1) is 11.3. The molecule has 0 aliphatic rings. The predicted octanol–water partition coefficient (Wildman–Crippen LogP) is 2.86. The molecule has 0 saturated heterocycles. The summed E-state index contributed by atoms with van der Waals surface area (Å²) in [5.41, 5.74) is 8.48. The lowest BCUT2D eigenvalue weighted by atomic mass is 10.2. The minimum Gasteiger partial charge on any atom is -0.508 e. The molecule has 0 spiro atoms. The van der Waals surface area contributed by atoms with E-state index in [4.69, 9.17) is 15.6 Å². The molecule has 88 valence electrons. The molecule has 2 aromatic rings. The predicted molar refractivity (Wildman–Crippen MR) is 68.0 cm³/mol. The molecule has 17 heavy (non-hydrogen) atoms. The van der Waals surface area contributed by atoms with E-state index in [1.165, 1.54) is 0 Å². The molecule has 0 radical (unpaired) electrons. The summed E-state index contributed by atoms with van der Waals surface area (Å²) in [7, 11) is 0. The Labute approximate surface area is 100 Å². The molecular formula is C14H15NO2. The fourth-order valence-corrected chi connectivity index (χ4v) is 1.54. The zero-order valence-corrected chi connectivity index (χ0v) is 9.68. The number of phenols is 1. The van der Waals surface area contributed by atoms with E-state index in [1.807, 2.05) is 37.3 Å². The van der Waals surface area contributed by atoms with Gasteiger partial charge in [0.25, 0.3) is 0 Å². The van der Waals surface area contributed by atoms with Gasteiger partial charge in [-0.3, -0.25) is 0 Å². The highest BCUT2D eigenvalue weighted by Gasteiger charge is 2.02. The van der Waals surface area contributed by atoms with Crippen molar-refractivity contribution >= 4 is 5.69 Å². The summed E-state index contributed by atoms with van der Waals surface area (Å²) in [6, 6.07) is 12.6. The van der Waals surface area contributed by atoms with Gasteiger partial charge in [0.2, 0.25) is 0 Å². The van der Waals surface area contributed by atoms with Crippen LogP contribution in [0.5, 0.6) is 11.5 Å². The molecule has 0 saturated carbocycles. The Kier molecular flexibility index (Phi) is 3.19. The van der Waals surface area contributed by atoms with Crippen molar-refractivity contribution in [2.24, 2.45) is 0 Å². The molecule has 0 heterocycles. The SMILES string of the molecule is Cc1c(N)cccc1OCc1ccc(O)cc1. The number of aromatic hydroxyl groups is 1. The van der Waals surface area contributed by atoms with Crippen LogP contribution >= 0.6 is 0 Å². The lowest BCUT2D eigenvalue weighted by molar-refractivity contribution is 0.304.